The molecule has 0 aliphatic carbocycles. The first-order valence-corrected chi connectivity index (χ1v) is 6.96. The normalized spacial score (nSPS) is 10.3. The summed E-state index contributed by atoms with van der Waals surface area (Å²) in [5, 5.41) is 7.08. The quantitative estimate of drug-likeness (QED) is 0.872. The van der Waals surface area contributed by atoms with Crippen LogP contribution in [0.3, 0.4) is 0 Å². The van der Waals surface area contributed by atoms with Crippen molar-refractivity contribution in [3.63, 3.8) is 0 Å². The van der Waals surface area contributed by atoms with E-state index in [2.05, 4.69) is 37.1 Å². The van der Waals surface area contributed by atoms with Crippen molar-refractivity contribution >= 4 is 23.2 Å². The maximum Gasteiger partial charge on any atom is 0.323 e. The molecule has 0 saturated carbocycles. The van der Waals surface area contributed by atoms with Crippen LogP contribution in [0.25, 0.3) is 0 Å². The molecular weight excluding hydrogens is 262 g/mol. The van der Waals surface area contributed by atoms with E-state index in [0.717, 1.165) is 6.54 Å². The Hall–Kier alpha value is -1.89. The first-order valence-electron chi connectivity index (χ1n) is 6.01. The number of aromatic nitrogens is 3. The van der Waals surface area contributed by atoms with Crippen molar-refractivity contribution in [2.45, 2.75) is 13.5 Å². The Balaban J connectivity index is 2.19. The smallest absolute Gasteiger partial charge is 0.323 e. The SMILES string of the molecule is CCOc1nc(NC)nc(N(C)Cc2ccsc2)n1. The van der Waals surface area contributed by atoms with Gasteiger partial charge in [-0.3, -0.25) is 0 Å². The molecule has 0 radical (unpaired) electrons. The van der Waals surface area contributed by atoms with Crippen LogP contribution in [0, 0.1) is 0 Å². The molecule has 0 spiro atoms. The molecule has 7 heteroatoms. The second-order valence-corrected chi connectivity index (χ2v) is 4.69. The lowest BCUT2D eigenvalue weighted by molar-refractivity contribution is 0.312. The minimum atomic E-state index is 0.342. The molecule has 0 unspecified atom stereocenters. The van der Waals surface area contributed by atoms with Gasteiger partial charge < -0.3 is 15.0 Å². The Morgan fingerprint density at radius 2 is 2.21 bits per heavy atom. The molecule has 2 rings (SSSR count). The Morgan fingerprint density at radius 1 is 1.37 bits per heavy atom. The van der Waals surface area contributed by atoms with Gasteiger partial charge in [-0.25, -0.2) is 0 Å². The van der Waals surface area contributed by atoms with Gasteiger partial charge in [-0.2, -0.15) is 26.3 Å². The average molecular weight is 279 g/mol. The van der Waals surface area contributed by atoms with Crippen molar-refractivity contribution in [2.24, 2.45) is 0 Å². The van der Waals surface area contributed by atoms with Crippen molar-refractivity contribution in [1.82, 2.24) is 15.0 Å². The summed E-state index contributed by atoms with van der Waals surface area (Å²) in [6.07, 6.45) is 0. The summed E-state index contributed by atoms with van der Waals surface area (Å²) in [7, 11) is 3.72. The molecule has 2 heterocycles. The molecule has 19 heavy (non-hydrogen) atoms. The maximum absolute atomic E-state index is 5.35. The molecule has 0 saturated heterocycles. The summed E-state index contributed by atoms with van der Waals surface area (Å²) < 4.78 is 5.35. The summed E-state index contributed by atoms with van der Waals surface area (Å²) in [6.45, 7) is 3.18. The van der Waals surface area contributed by atoms with Crippen molar-refractivity contribution < 1.29 is 4.74 Å². The van der Waals surface area contributed by atoms with Crippen LogP contribution in [0.2, 0.25) is 0 Å². The third-order valence-corrected chi connectivity index (χ3v) is 3.17. The highest BCUT2D eigenvalue weighted by atomic mass is 32.1. The third-order valence-electron chi connectivity index (χ3n) is 2.44. The molecule has 2 aromatic rings. The van der Waals surface area contributed by atoms with Gasteiger partial charge in [-0.1, -0.05) is 0 Å². The molecule has 0 bridgehead atoms. The maximum atomic E-state index is 5.35. The van der Waals surface area contributed by atoms with E-state index < -0.39 is 0 Å². The number of ether oxygens (including phenoxy) is 1. The van der Waals surface area contributed by atoms with Crippen LogP contribution in [0.5, 0.6) is 6.01 Å². The van der Waals surface area contributed by atoms with Crippen LogP contribution in [0.4, 0.5) is 11.9 Å². The zero-order chi connectivity index (χ0) is 13.7. The molecular formula is C12H17N5OS. The molecule has 0 fully saturated rings. The summed E-state index contributed by atoms with van der Waals surface area (Å²) in [5.74, 6) is 1.10. The van der Waals surface area contributed by atoms with E-state index in [-0.39, 0.29) is 0 Å². The molecule has 0 aliphatic rings. The third kappa shape index (κ3) is 3.54. The van der Waals surface area contributed by atoms with E-state index in [1.54, 1.807) is 18.4 Å². The van der Waals surface area contributed by atoms with Crippen molar-refractivity contribution in [1.29, 1.82) is 0 Å². The van der Waals surface area contributed by atoms with E-state index in [1.165, 1.54) is 5.56 Å². The number of nitrogens with zero attached hydrogens (tertiary/aromatic N) is 4. The van der Waals surface area contributed by atoms with E-state index in [1.807, 2.05) is 18.9 Å². The fourth-order valence-electron chi connectivity index (χ4n) is 1.55. The highest BCUT2D eigenvalue weighted by Crippen LogP contribution is 2.16. The predicted molar refractivity (Wildman–Crippen MR) is 77.0 cm³/mol. The zero-order valence-corrected chi connectivity index (χ0v) is 12.1. The van der Waals surface area contributed by atoms with E-state index in [0.29, 0.717) is 24.5 Å². The van der Waals surface area contributed by atoms with Crippen LogP contribution < -0.4 is 15.0 Å². The predicted octanol–water partition coefficient (Wildman–Crippen LogP) is 2.01. The largest absolute Gasteiger partial charge is 0.464 e. The number of hydrogen-bond donors (Lipinski definition) is 1. The summed E-state index contributed by atoms with van der Waals surface area (Å²) >= 11 is 1.68. The number of nitrogens with one attached hydrogen (secondary N) is 1. The summed E-state index contributed by atoms with van der Waals surface area (Å²) in [4.78, 5) is 14.7. The van der Waals surface area contributed by atoms with Gasteiger partial charge >= 0.3 is 6.01 Å². The van der Waals surface area contributed by atoms with Crippen molar-refractivity contribution in [2.75, 3.05) is 30.9 Å². The molecule has 0 aromatic carbocycles. The molecule has 2 aromatic heterocycles. The number of anilines is 2. The molecule has 0 atom stereocenters. The van der Waals surface area contributed by atoms with Gasteiger partial charge in [0.15, 0.2) is 0 Å². The number of hydrogen-bond acceptors (Lipinski definition) is 7. The van der Waals surface area contributed by atoms with Gasteiger partial charge in [0.25, 0.3) is 0 Å². The first kappa shape index (κ1) is 13.5. The number of rotatable bonds is 6. The fraction of sp³-hybridized carbons (Fsp3) is 0.417. The highest BCUT2D eigenvalue weighted by molar-refractivity contribution is 7.07. The van der Waals surface area contributed by atoms with Crippen LogP contribution in [0.1, 0.15) is 12.5 Å². The lowest BCUT2D eigenvalue weighted by atomic mass is 10.3. The minimum Gasteiger partial charge on any atom is -0.464 e. The van der Waals surface area contributed by atoms with Gasteiger partial charge in [0, 0.05) is 20.6 Å². The lowest BCUT2D eigenvalue weighted by Gasteiger charge is -2.17. The first-order chi connectivity index (χ1) is 9.22. The van der Waals surface area contributed by atoms with Gasteiger partial charge in [0.05, 0.1) is 6.61 Å². The van der Waals surface area contributed by atoms with E-state index in [4.69, 9.17) is 4.74 Å². The lowest BCUT2D eigenvalue weighted by Crippen LogP contribution is -2.20. The van der Waals surface area contributed by atoms with Gasteiger partial charge in [-0.05, 0) is 29.3 Å². The Bertz CT molecular complexity index is 517. The summed E-state index contributed by atoms with van der Waals surface area (Å²) in [6, 6.07) is 2.43. The van der Waals surface area contributed by atoms with Crippen LogP contribution in [0.15, 0.2) is 16.8 Å². The van der Waals surface area contributed by atoms with Crippen LogP contribution in [-0.2, 0) is 6.54 Å². The molecule has 1 N–H and O–H groups in total. The fourth-order valence-corrected chi connectivity index (χ4v) is 2.21. The monoisotopic (exact) mass is 279 g/mol. The second kappa shape index (κ2) is 6.33. The van der Waals surface area contributed by atoms with E-state index in [9.17, 15) is 0 Å². The highest BCUT2D eigenvalue weighted by Gasteiger charge is 2.11. The molecule has 0 amide bonds. The Labute approximate surface area is 116 Å². The van der Waals surface area contributed by atoms with Gasteiger partial charge in [0.2, 0.25) is 11.9 Å². The molecule has 102 valence electrons. The topological polar surface area (TPSA) is 63.2 Å². The van der Waals surface area contributed by atoms with Gasteiger partial charge in [-0.15, -0.1) is 0 Å². The number of thiophene rings is 1. The van der Waals surface area contributed by atoms with Crippen molar-refractivity contribution in [3.05, 3.63) is 22.4 Å². The Morgan fingerprint density at radius 3 is 2.84 bits per heavy atom. The van der Waals surface area contributed by atoms with Crippen LogP contribution in [-0.4, -0.2) is 35.7 Å². The molecule has 0 aliphatic heterocycles. The summed E-state index contributed by atoms with van der Waals surface area (Å²) in [5.41, 5.74) is 1.23. The second-order valence-electron chi connectivity index (χ2n) is 3.91. The standard InChI is InChI=1S/C12H17N5OS/c1-4-18-12-15-10(13-2)14-11(16-12)17(3)7-9-5-6-19-8-9/h5-6,8H,4,7H2,1-3H3,(H,13,14,15,16). The van der Waals surface area contributed by atoms with Gasteiger partial charge in [0.1, 0.15) is 0 Å². The Kier molecular flexibility index (Phi) is 4.51. The minimum absolute atomic E-state index is 0.342. The van der Waals surface area contributed by atoms with E-state index >= 15 is 0 Å². The van der Waals surface area contributed by atoms with Crippen molar-refractivity contribution in [3.8, 4) is 6.01 Å². The zero-order valence-electron chi connectivity index (χ0n) is 11.3. The van der Waals surface area contributed by atoms with Crippen LogP contribution >= 0.6 is 11.3 Å². The molecule has 6 nitrogen and oxygen atoms in total. The average Bonchev–Trinajstić information content (AvgIpc) is 2.91.